The summed E-state index contributed by atoms with van der Waals surface area (Å²) in [7, 11) is 3.93. The third-order valence-electron chi connectivity index (χ3n) is 3.98. The number of para-hydroxylation sites is 2. The zero-order chi connectivity index (χ0) is 17.8. The average Bonchev–Trinajstić information content (AvgIpc) is 2.90. The van der Waals surface area contributed by atoms with Gasteiger partial charge < -0.3 is 15.0 Å². The van der Waals surface area contributed by atoms with Crippen molar-refractivity contribution in [3.8, 4) is 5.75 Å². The van der Waals surface area contributed by atoms with Crippen molar-refractivity contribution in [2.24, 2.45) is 0 Å². The lowest BCUT2D eigenvalue weighted by atomic mass is 10.1. The molecule has 0 radical (unpaired) electrons. The topological polar surface area (TPSA) is 61.9 Å². The van der Waals surface area contributed by atoms with Crippen molar-refractivity contribution in [2.75, 3.05) is 32.1 Å². The Morgan fingerprint density at radius 1 is 1.04 bits per heavy atom. The Morgan fingerprint density at radius 2 is 1.72 bits per heavy atom. The molecule has 0 bridgehead atoms. The molecule has 2 aromatic carbocycles. The largest absolute Gasteiger partial charge is 0.492 e. The summed E-state index contributed by atoms with van der Waals surface area (Å²) in [4.78, 5) is 28.3. The first-order valence-electron chi connectivity index (χ1n) is 8.14. The first-order chi connectivity index (χ1) is 12.1. The van der Waals surface area contributed by atoms with Gasteiger partial charge in [0.05, 0.1) is 5.69 Å². The molecule has 6 nitrogen and oxygen atoms in total. The van der Waals surface area contributed by atoms with Crippen LogP contribution in [-0.2, 0) is 4.79 Å². The van der Waals surface area contributed by atoms with Crippen LogP contribution < -0.4 is 15.0 Å². The summed E-state index contributed by atoms with van der Waals surface area (Å²) in [5, 5.41) is 2.76. The highest BCUT2D eigenvalue weighted by Crippen LogP contribution is 2.32. The zero-order valence-electron chi connectivity index (χ0n) is 14.3. The second kappa shape index (κ2) is 7.36. The number of carbonyl (C=O) groups excluding carboxylic acids is 2. The van der Waals surface area contributed by atoms with Crippen molar-refractivity contribution >= 4 is 17.6 Å². The van der Waals surface area contributed by atoms with E-state index in [0.29, 0.717) is 23.6 Å². The molecule has 1 aliphatic heterocycles. The summed E-state index contributed by atoms with van der Waals surface area (Å²) in [5.41, 5.74) is 1.22. The minimum Gasteiger partial charge on any atom is -0.492 e. The second-order valence-electron chi connectivity index (χ2n) is 6.08. The molecule has 1 atom stereocenters. The number of nitrogens with one attached hydrogen (secondary N) is 1. The van der Waals surface area contributed by atoms with E-state index in [4.69, 9.17) is 4.74 Å². The molecule has 130 valence electrons. The summed E-state index contributed by atoms with van der Waals surface area (Å²) in [6.45, 7) is 1.26. The van der Waals surface area contributed by atoms with Crippen LogP contribution in [0, 0.1) is 0 Å². The van der Waals surface area contributed by atoms with Gasteiger partial charge in [0.15, 0.2) is 0 Å². The molecule has 1 aliphatic rings. The molecule has 1 fully saturated rings. The number of carbonyl (C=O) groups is 2. The Balaban J connectivity index is 1.83. The van der Waals surface area contributed by atoms with Crippen LogP contribution in [0.4, 0.5) is 10.5 Å². The maximum Gasteiger partial charge on any atom is 0.329 e. The van der Waals surface area contributed by atoms with E-state index in [0.717, 1.165) is 6.54 Å². The molecule has 3 amide bonds. The van der Waals surface area contributed by atoms with Crippen LogP contribution in [0.1, 0.15) is 11.6 Å². The highest BCUT2D eigenvalue weighted by atomic mass is 16.5. The van der Waals surface area contributed by atoms with E-state index in [1.54, 1.807) is 24.3 Å². The lowest BCUT2D eigenvalue weighted by Gasteiger charge is -2.17. The molecule has 1 N–H and O–H groups in total. The number of benzene rings is 2. The van der Waals surface area contributed by atoms with E-state index in [-0.39, 0.29) is 5.91 Å². The number of urea groups is 1. The Morgan fingerprint density at radius 3 is 2.44 bits per heavy atom. The van der Waals surface area contributed by atoms with Gasteiger partial charge in [0.25, 0.3) is 5.91 Å². The predicted molar refractivity (Wildman–Crippen MR) is 95.7 cm³/mol. The zero-order valence-corrected chi connectivity index (χ0v) is 14.3. The number of hydrogen-bond donors (Lipinski definition) is 1. The molecule has 2 aromatic rings. The molecular weight excluding hydrogens is 318 g/mol. The van der Waals surface area contributed by atoms with Gasteiger partial charge in [-0.05, 0) is 32.3 Å². The highest BCUT2D eigenvalue weighted by molar-refractivity contribution is 6.21. The van der Waals surface area contributed by atoms with Crippen molar-refractivity contribution in [3.63, 3.8) is 0 Å². The maximum atomic E-state index is 12.8. The molecule has 6 heteroatoms. The minimum absolute atomic E-state index is 0.306. The van der Waals surface area contributed by atoms with Gasteiger partial charge in [0.1, 0.15) is 18.4 Å². The van der Waals surface area contributed by atoms with Crippen LogP contribution in [0.25, 0.3) is 0 Å². The number of anilines is 1. The number of hydrogen-bond acceptors (Lipinski definition) is 4. The van der Waals surface area contributed by atoms with Gasteiger partial charge in [0.2, 0.25) is 0 Å². The molecule has 25 heavy (non-hydrogen) atoms. The molecule has 1 saturated heterocycles. The van der Waals surface area contributed by atoms with Crippen LogP contribution >= 0.6 is 0 Å². The van der Waals surface area contributed by atoms with Gasteiger partial charge in [0, 0.05) is 12.1 Å². The lowest BCUT2D eigenvalue weighted by Crippen LogP contribution is -2.30. The summed E-state index contributed by atoms with van der Waals surface area (Å²) < 4.78 is 5.82. The van der Waals surface area contributed by atoms with Crippen LogP contribution in [0.15, 0.2) is 54.6 Å². The fourth-order valence-electron chi connectivity index (χ4n) is 2.70. The first-order valence-corrected chi connectivity index (χ1v) is 8.14. The predicted octanol–water partition coefficient (Wildman–Crippen LogP) is 2.42. The van der Waals surface area contributed by atoms with Crippen molar-refractivity contribution in [1.29, 1.82) is 0 Å². The normalized spacial score (nSPS) is 17.1. The molecule has 0 aromatic heterocycles. The molecule has 0 aliphatic carbocycles. The van der Waals surface area contributed by atoms with E-state index in [9.17, 15) is 9.59 Å². The van der Waals surface area contributed by atoms with E-state index in [1.807, 2.05) is 49.3 Å². The third kappa shape index (κ3) is 3.64. The molecule has 1 heterocycles. The Hall–Kier alpha value is -2.86. The standard InChI is InChI=1S/C19H21N3O3/c1-21(2)12-13-25-16-11-7-6-10-15(16)17-18(23)22(19(24)20-17)14-8-4-3-5-9-14/h3-11,17H,12-13H2,1-2H3,(H,20,24). The number of likely N-dealkylation sites (N-methyl/N-ethyl adjacent to an activating group) is 1. The van der Waals surface area contributed by atoms with Gasteiger partial charge in [-0.3, -0.25) is 4.79 Å². The Kier molecular flexibility index (Phi) is 5.00. The van der Waals surface area contributed by atoms with Crippen LogP contribution in [0.2, 0.25) is 0 Å². The fourth-order valence-corrected chi connectivity index (χ4v) is 2.70. The summed E-state index contributed by atoms with van der Waals surface area (Å²) in [5.74, 6) is 0.303. The number of ether oxygens (including phenoxy) is 1. The number of nitrogens with zero attached hydrogens (tertiary/aromatic N) is 2. The number of amides is 3. The van der Waals surface area contributed by atoms with Crippen molar-refractivity contribution in [2.45, 2.75) is 6.04 Å². The first kappa shape index (κ1) is 17.0. The van der Waals surface area contributed by atoms with Crippen molar-refractivity contribution in [3.05, 3.63) is 60.2 Å². The molecule has 0 saturated carbocycles. The van der Waals surface area contributed by atoms with Gasteiger partial charge in [-0.25, -0.2) is 9.69 Å². The van der Waals surface area contributed by atoms with E-state index in [2.05, 4.69) is 5.32 Å². The van der Waals surface area contributed by atoms with Gasteiger partial charge >= 0.3 is 6.03 Å². The summed E-state index contributed by atoms with van der Waals surface area (Å²) in [6.07, 6.45) is 0. The second-order valence-corrected chi connectivity index (χ2v) is 6.08. The number of rotatable bonds is 6. The van der Waals surface area contributed by atoms with Crippen LogP contribution in [0.5, 0.6) is 5.75 Å². The van der Waals surface area contributed by atoms with Gasteiger partial charge in [-0.2, -0.15) is 0 Å². The van der Waals surface area contributed by atoms with Crippen molar-refractivity contribution < 1.29 is 14.3 Å². The fraction of sp³-hybridized carbons (Fsp3) is 0.263. The number of imide groups is 1. The minimum atomic E-state index is -0.747. The van der Waals surface area contributed by atoms with Crippen LogP contribution in [0.3, 0.4) is 0 Å². The van der Waals surface area contributed by atoms with Crippen LogP contribution in [-0.4, -0.2) is 44.1 Å². The third-order valence-corrected chi connectivity index (χ3v) is 3.98. The Bertz CT molecular complexity index is 762. The highest BCUT2D eigenvalue weighted by Gasteiger charge is 2.41. The SMILES string of the molecule is CN(C)CCOc1ccccc1C1NC(=O)N(c2ccccc2)C1=O. The van der Waals surface area contributed by atoms with Crippen molar-refractivity contribution in [1.82, 2.24) is 10.2 Å². The molecule has 3 rings (SSSR count). The molecular formula is C19H21N3O3. The molecule has 0 spiro atoms. The molecule has 1 unspecified atom stereocenters. The monoisotopic (exact) mass is 339 g/mol. The quantitative estimate of drug-likeness (QED) is 0.821. The summed E-state index contributed by atoms with van der Waals surface area (Å²) >= 11 is 0. The van der Waals surface area contributed by atoms with E-state index < -0.39 is 12.1 Å². The summed E-state index contributed by atoms with van der Waals surface area (Å²) in [6, 6.07) is 15.0. The van der Waals surface area contributed by atoms with Gasteiger partial charge in [-0.1, -0.05) is 36.4 Å². The Labute approximate surface area is 147 Å². The van der Waals surface area contributed by atoms with E-state index in [1.165, 1.54) is 4.90 Å². The average molecular weight is 339 g/mol. The van der Waals surface area contributed by atoms with E-state index >= 15 is 0 Å². The smallest absolute Gasteiger partial charge is 0.329 e. The lowest BCUT2D eigenvalue weighted by molar-refractivity contribution is -0.118. The maximum absolute atomic E-state index is 12.8. The van der Waals surface area contributed by atoms with Gasteiger partial charge in [-0.15, -0.1) is 0 Å².